The molecule has 0 saturated carbocycles. The van der Waals surface area contributed by atoms with Crippen molar-refractivity contribution in [1.82, 2.24) is 0 Å². The van der Waals surface area contributed by atoms with Crippen LogP contribution in [0, 0.1) is 6.92 Å². The number of carbonyl (C=O) groups excluding carboxylic acids is 1. The molecule has 0 bridgehead atoms. The van der Waals surface area contributed by atoms with Gasteiger partial charge in [-0.15, -0.1) is 0 Å². The van der Waals surface area contributed by atoms with Gasteiger partial charge < -0.3 is 0 Å². The van der Waals surface area contributed by atoms with Gasteiger partial charge in [0.25, 0.3) is 0 Å². The molecule has 0 atom stereocenters. The molecule has 0 radical (unpaired) electrons. The Morgan fingerprint density at radius 1 is 1.60 bits per heavy atom. The Balaban J connectivity index is 2.67. The third kappa shape index (κ3) is 2.13. The van der Waals surface area contributed by atoms with E-state index in [2.05, 4.69) is 19.1 Å². The molecule has 2 heteroatoms. The average Bonchev–Trinajstić information content (AvgIpc) is 2.13. The summed E-state index contributed by atoms with van der Waals surface area (Å²) in [7, 11) is 0. The van der Waals surface area contributed by atoms with Gasteiger partial charge in [0.15, 0.2) is 0 Å². The predicted molar refractivity (Wildman–Crippen MR) is 42.5 cm³/mol. The van der Waals surface area contributed by atoms with E-state index in [4.69, 9.17) is 0 Å². The van der Waals surface area contributed by atoms with E-state index in [0.29, 0.717) is 20.9 Å². The van der Waals surface area contributed by atoms with E-state index in [-0.39, 0.29) is 5.78 Å². The first kappa shape index (κ1) is 7.77. The molecule has 1 nitrogen and oxygen atoms in total. The maximum atomic E-state index is 10.7. The zero-order valence-electron chi connectivity index (χ0n) is 6.18. The van der Waals surface area contributed by atoms with Gasteiger partial charge in [-0.25, -0.2) is 0 Å². The van der Waals surface area contributed by atoms with Crippen LogP contribution in [0.25, 0.3) is 0 Å². The zero-order valence-corrected chi connectivity index (χ0v) is 7.89. The second-order valence-electron chi connectivity index (χ2n) is 2.39. The van der Waals surface area contributed by atoms with Crippen molar-refractivity contribution in [3.63, 3.8) is 0 Å². The van der Waals surface area contributed by atoms with E-state index in [9.17, 15) is 4.79 Å². The summed E-state index contributed by atoms with van der Waals surface area (Å²) in [4.78, 5) is 10.7. The second kappa shape index (κ2) is 3.18. The Hall–Kier alpha value is -0.331. The zero-order chi connectivity index (χ0) is 7.56. The first-order chi connectivity index (χ1) is 4.68. The SMILES string of the molecule is CC(=O)Cc1ccc(C)[se]1. The fourth-order valence-electron chi connectivity index (χ4n) is 0.825. The van der Waals surface area contributed by atoms with Crippen molar-refractivity contribution >= 4 is 20.3 Å². The third-order valence-corrected chi connectivity index (χ3v) is 3.32. The van der Waals surface area contributed by atoms with Crippen LogP contribution in [-0.2, 0) is 11.2 Å². The van der Waals surface area contributed by atoms with E-state index in [0.717, 1.165) is 0 Å². The summed E-state index contributed by atoms with van der Waals surface area (Å²) in [5.41, 5.74) is 0. The number of hydrogen-bond donors (Lipinski definition) is 0. The van der Waals surface area contributed by atoms with Crippen molar-refractivity contribution in [3.05, 3.63) is 21.0 Å². The van der Waals surface area contributed by atoms with E-state index < -0.39 is 0 Å². The van der Waals surface area contributed by atoms with Gasteiger partial charge in [0.1, 0.15) is 0 Å². The molecule has 0 amide bonds. The Morgan fingerprint density at radius 2 is 2.30 bits per heavy atom. The number of rotatable bonds is 2. The molecule has 10 heavy (non-hydrogen) atoms. The van der Waals surface area contributed by atoms with E-state index in [1.54, 1.807) is 6.92 Å². The van der Waals surface area contributed by atoms with Gasteiger partial charge in [-0.05, 0) is 0 Å². The molecular weight excluding hydrogens is 191 g/mol. The Kier molecular flexibility index (Phi) is 2.47. The van der Waals surface area contributed by atoms with Gasteiger partial charge in [0, 0.05) is 0 Å². The molecule has 1 rings (SSSR count). The van der Waals surface area contributed by atoms with Crippen molar-refractivity contribution in [2.45, 2.75) is 20.3 Å². The monoisotopic (exact) mass is 202 g/mol. The molecule has 0 aromatic carbocycles. The van der Waals surface area contributed by atoms with Gasteiger partial charge >= 0.3 is 66.4 Å². The number of hydrogen-bond acceptors (Lipinski definition) is 1. The summed E-state index contributed by atoms with van der Waals surface area (Å²) in [6, 6.07) is 4.19. The van der Waals surface area contributed by atoms with Crippen LogP contribution in [0.4, 0.5) is 0 Å². The molecule has 0 aliphatic carbocycles. The van der Waals surface area contributed by atoms with Gasteiger partial charge in [0.2, 0.25) is 0 Å². The molecule has 1 heterocycles. The molecule has 0 aliphatic heterocycles. The maximum absolute atomic E-state index is 10.7. The van der Waals surface area contributed by atoms with E-state index >= 15 is 0 Å². The summed E-state index contributed by atoms with van der Waals surface area (Å²) < 4.78 is 2.74. The van der Waals surface area contributed by atoms with Crippen molar-refractivity contribution in [2.75, 3.05) is 0 Å². The van der Waals surface area contributed by atoms with Crippen molar-refractivity contribution in [1.29, 1.82) is 0 Å². The minimum absolute atomic E-state index is 0.274. The normalized spacial score (nSPS) is 9.80. The number of aryl methyl sites for hydroxylation is 1. The first-order valence-corrected chi connectivity index (χ1v) is 4.94. The summed E-state index contributed by atoms with van der Waals surface area (Å²) in [5.74, 6) is 0.274. The number of Topliss-reactive ketones (excluding diaryl/α,β-unsaturated/α-hetero) is 1. The molecule has 0 spiro atoms. The fraction of sp³-hybridized carbons (Fsp3) is 0.375. The average molecular weight is 201 g/mol. The van der Waals surface area contributed by atoms with Crippen LogP contribution in [0.3, 0.4) is 0 Å². The minimum atomic E-state index is 0.274. The second-order valence-corrected chi connectivity index (χ2v) is 5.27. The van der Waals surface area contributed by atoms with Gasteiger partial charge in [-0.1, -0.05) is 0 Å². The van der Waals surface area contributed by atoms with Crippen LogP contribution >= 0.6 is 0 Å². The number of ketones is 1. The molecule has 0 saturated heterocycles. The predicted octanol–water partition coefficient (Wildman–Crippen LogP) is 1.18. The molecular formula is C8H10OSe. The van der Waals surface area contributed by atoms with E-state index in [1.165, 1.54) is 8.87 Å². The van der Waals surface area contributed by atoms with Gasteiger partial charge in [-0.2, -0.15) is 0 Å². The Labute approximate surface area is 66.8 Å². The van der Waals surface area contributed by atoms with Crippen LogP contribution in [0.2, 0.25) is 0 Å². The van der Waals surface area contributed by atoms with Gasteiger partial charge in [0.05, 0.1) is 0 Å². The number of carbonyl (C=O) groups is 1. The molecule has 0 aliphatic rings. The molecule has 0 fully saturated rings. The van der Waals surface area contributed by atoms with Crippen molar-refractivity contribution in [2.24, 2.45) is 0 Å². The molecule has 1 aromatic heterocycles. The molecule has 1 aromatic rings. The van der Waals surface area contributed by atoms with Gasteiger partial charge in [-0.3, -0.25) is 0 Å². The standard InChI is InChI=1S/C8H10OSe/c1-6(9)5-8-4-3-7(2)10-8/h3-4H,5H2,1-2H3. The van der Waals surface area contributed by atoms with E-state index in [1.807, 2.05) is 0 Å². The van der Waals surface area contributed by atoms with Crippen LogP contribution in [0.5, 0.6) is 0 Å². The molecule has 0 unspecified atom stereocenters. The third-order valence-electron chi connectivity index (χ3n) is 1.22. The quantitative estimate of drug-likeness (QED) is 0.657. The van der Waals surface area contributed by atoms with Crippen LogP contribution in [0.1, 0.15) is 15.8 Å². The van der Waals surface area contributed by atoms with Crippen molar-refractivity contribution in [3.8, 4) is 0 Å². The van der Waals surface area contributed by atoms with Crippen LogP contribution in [-0.4, -0.2) is 20.3 Å². The van der Waals surface area contributed by atoms with Crippen molar-refractivity contribution < 1.29 is 4.79 Å². The Morgan fingerprint density at radius 3 is 2.70 bits per heavy atom. The topological polar surface area (TPSA) is 17.1 Å². The molecule has 0 N–H and O–H groups in total. The first-order valence-electron chi connectivity index (χ1n) is 3.23. The van der Waals surface area contributed by atoms with Crippen LogP contribution < -0.4 is 0 Å². The summed E-state index contributed by atoms with van der Waals surface area (Å²) in [5, 5.41) is 0. The summed E-state index contributed by atoms with van der Waals surface area (Å²) in [6.45, 7) is 3.76. The summed E-state index contributed by atoms with van der Waals surface area (Å²) >= 11 is 0.478. The Bertz CT molecular complexity index is 237. The fourth-order valence-corrected chi connectivity index (χ4v) is 2.84. The van der Waals surface area contributed by atoms with Crippen LogP contribution in [0.15, 0.2) is 12.1 Å². The summed E-state index contributed by atoms with van der Waals surface area (Å²) in [6.07, 6.45) is 0.661. The molecule has 54 valence electrons.